The molecule has 3 rings (SSSR count). The van der Waals surface area contributed by atoms with Gasteiger partial charge in [-0.2, -0.15) is 0 Å². The lowest BCUT2D eigenvalue weighted by Crippen LogP contribution is -2.38. The zero-order valence-electron chi connectivity index (χ0n) is 12.3. The summed E-state index contributed by atoms with van der Waals surface area (Å²) in [6, 6.07) is 5.76. The van der Waals surface area contributed by atoms with Crippen LogP contribution in [0.25, 0.3) is 0 Å². The van der Waals surface area contributed by atoms with Crippen LogP contribution in [0.5, 0.6) is 0 Å². The maximum Gasteiger partial charge on any atom is 0.124 e. The third kappa shape index (κ3) is 3.31. The second-order valence-corrected chi connectivity index (χ2v) is 6.95. The molecule has 1 aromatic carbocycles. The van der Waals surface area contributed by atoms with Crippen LogP contribution in [0.2, 0.25) is 0 Å². The van der Waals surface area contributed by atoms with Crippen LogP contribution in [0.15, 0.2) is 22.7 Å². The van der Waals surface area contributed by atoms with E-state index < -0.39 is 0 Å². The van der Waals surface area contributed by atoms with Crippen LogP contribution in [0.4, 0.5) is 4.39 Å². The smallest absolute Gasteiger partial charge is 0.124 e. The molecular weight excluding hydrogens is 333 g/mol. The van der Waals surface area contributed by atoms with Crippen LogP contribution in [-0.2, 0) is 0 Å². The van der Waals surface area contributed by atoms with Crippen molar-refractivity contribution in [1.82, 2.24) is 9.80 Å². The van der Waals surface area contributed by atoms with Gasteiger partial charge in [0.2, 0.25) is 0 Å². The van der Waals surface area contributed by atoms with Crippen molar-refractivity contribution in [2.45, 2.75) is 31.3 Å². The maximum absolute atomic E-state index is 13.3. The Morgan fingerprint density at radius 3 is 2.71 bits per heavy atom. The third-order valence-electron chi connectivity index (χ3n) is 4.84. The highest BCUT2D eigenvalue weighted by Gasteiger charge is 2.33. The molecule has 0 aliphatic carbocycles. The fourth-order valence-electron chi connectivity index (χ4n) is 3.70. The van der Waals surface area contributed by atoms with Gasteiger partial charge in [-0.1, -0.05) is 22.0 Å². The van der Waals surface area contributed by atoms with E-state index in [1.807, 2.05) is 6.07 Å². The van der Waals surface area contributed by atoms with E-state index in [2.05, 4.69) is 25.7 Å². The first kappa shape index (κ1) is 15.4. The molecule has 0 radical (unpaired) electrons. The van der Waals surface area contributed by atoms with Gasteiger partial charge in [0.15, 0.2) is 0 Å². The number of hydrogen-bond acceptors (Lipinski definition) is 3. The highest BCUT2D eigenvalue weighted by molar-refractivity contribution is 9.10. The van der Waals surface area contributed by atoms with E-state index in [0.717, 1.165) is 23.1 Å². The van der Waals surface area contributed by atoms with Crippen LogP contribution < -0.4 is 5.73 Å². The molecule has 2 N–H and O–H groups in total. The second kappa shape index (κ2) is 6.73. The average Bonchev–Trinajstić information content (AvgIpc) is 3.12. The molecule has 2 fully saturated rings. The Bertz CT molecular complexity index is 490. The van der Waals surface area contributed by atoms with Gasteiger partial charge >= 0.3 is 0 Å². The molecule has 0 aromatic heterocycles. The van der Waals surface area contributed by atoms with Crippen LogP contribution in [0.3, 0.4) is 0 Å². The topological polar surface area (TPSA) is 32.5 Å². The summed E-state index contributed by atoms with van der Waals surface area (Å²) in [7, 11) is 0. The number of benzene rings is 1. The molecule has 5 heteroatoms. The number of nitrogens with two attached hydrogens (primary N) is 1. The molecule has 0 amide bonds. The van der Waals surface area contributed by atoms with Gasteiger partial charge in [-0.05, 0) is 50.0 Å². The monoisotopic (exact) mass is 355 g/mol. The minimum absolute atomic E-state index is 0.174. The van der Waals surface area contributed by atoms with Gasteiger partial charge in [0.05, 0.1) is 0 Å². The summed E-state index contributed by atoms with van der Waals surface area (Å²) in [5.41, 5.74) is 7.12. The first-order valence-corrected chi connectivity index (χ1v) is 8.61. The lowest BCUT2D eigenvalue weighted by Gasteiger charge is -2.29. The fourth-order valence-corrected chi connectivity index (χ4v) is 4.32. The van der Waals surface area contributed by atoms with Crippen molar-refractivity contribution in [2.75, 3.05) is 32.7 Å². The van der Waals surface area contributed by atoms with Crippen molar-refractivity contribution in [2.24, 2.45) is 5.73 Å². The number of halogens is 2. The SMILES string of the molecule is NCC(c1ccc(F)cc1Br)N1CCC(N2CCCC2)C1. The summed E-state index contributed by atoms with van der Waals surface area (Å²) < 4.78 is 14.1. The minimum atomic E-state index is -0.210. The Morgan fingerprint density at radius 2 is 2.05 bits per heavy atom. The van der Waals surface area contributed by atoms with Gasteiger partial charge in [0.25, 0.3) is 0 Å². The van der Waals surface area contributed by atoms with Crippen LogP contribution in [-0.4, -0.2) is 48.6 Å². The molecule has 1 aromatic rings. The van der Waals surface area contributed by atoms with Crippen molar-refractivity contribution in [3.63, 3.8) is 0 Å². The Balaban J connectivity index is 1.72. The zero-order chi connectivity index (χ0) is 14.8. The van der Waals surface area contributed by atoms with Crippen molar-refractivity contribution in [3.05, 3.63) is 34.1 Å². The maximum atomic E-state index is 13.3. The summed E-state index contributed by atoms with van der Waals surface area (Å²) in [6.07, 6.45) is 3.88. The molecular formula is C16H23BrFN3. The van der Waals surface area contributed by atoms with Gasteiger partial charge in [-0.3, -0.25) is 9.80 Å². The molecule has 0 saturated carbocycles. The number of rotatable bonds is 4. The Labute approximate surface area is 134 Å². The fraction of sp³-hybridized carbons (Fsp3) is 0.625. The molecule has 0 spiro atoms. The quantitative estimate of drug-likeness (QED) is 0.901. The van der Waals surface area contributed by atoms with E-state index in [4.69, 9.17) is 5.73 Å². The molecule has 116 valence electrons. The van der Waals surface area contributed by atoms with E-state index in [9.17, 15) is 4.39 Å². The molecule has 2 atom stereocenters. The second-order valence-electron chi connectivity index (χ2n) is 6.10. The molecule has 3 nitrogen and oxygen atoms in total. The normalized spacial score (nSPS) is 25.6. The van der Waals surface area contributed by atoms with Crippen molar-refractivity contribution >= 4 is 15.9 Å². The summed E-state index contributed by atoms with van der Waals surface area (Å²) in [6.45, 7) is 5.20. The van der Waals surface area contributed by atoms with E-state index in [1.54, 1.807) is 0 Å². The van der Waals surface area contributed by atoms with Gasteiger partial charge in [0.1, 0.15) is 5.82 Å². The van der Waals surface area contributed by atoms with Crippen molar-refractivity contribution in [1.29, 1.82) is 0 Å². The summed E-state index contributed by atoms with van der Waals surface area (Å²) in [5.74, 6) is -0.210. The number of hydrogen-bond donors (Lipinski definition) is 1. The van der Waals surface area contributed by atoms with Crippen molar-refractivity contribution in [3.8, 4) is 0 Å². The van der Waals surface area contributed by atoms with Gasteiger partial charge in [-0.15, -0.1) is 0 Å². The van der Waals surface area contributed by atoms with E-state index >= 15 is 0 Å². The predicted molar refractivity (Wildman–Crippen MR) is 86.7 cm³/mol. The predicted octanol–water partition coefficient (Wildman–Crippen LogP) is 2.76. The Morgan fingerprint density at radius 1 is 1.29 bits per heavy atom. The molecule has 2 saturated heterocycles. The molecule has 2 unspecified atom stereocenters. The van der Waals surface area contributed by atoms with Crippen LogP contribution >= 0.6 is 15.9 Å². The van der Waals surface area contributed by atoms with E-state index in [0.29, 0.717) is 12.6 Å². The first-order valence-electron chi connectivity index (χ1n) is 7.82. The molecule has 2 aliphatic rings. The number of nitrogens with zero attached hydrogens (tertiary/aromatic N) is 2. The lowest BCUT2D eigenvalue weighted by atomic mass is 10.1. The van der Waals surface area contributed by atoms with Crippen LogP contribution in [0, 0.1) is 5.82 Å². The van der Waals surface area contributed by atoms with Gasteiger partial charge < -0.3 is 5.73 Å². The largest absolute Gasteiger partial charge is 0.329 e. The van der Waals surface area contributed by atoms with Gasteiger partial charge in [0, 0.05) is 36.2 Å². The summed E-state index contributed by atoms with van der Waals surface area (Å²) >= 11 is 3.48. The Kier molecular flexibility index (Phi) is 4.94. The Hall–Kier alpha value is -0.490. The van der Waals surface area contributed by atoms with E-state index in [1.165, 1.54) is 44.5 Å². The van der Waals surface area contributed by atoms with Gasteiger partial charge in [-0.25, -0.2) is 4.39 Å². The van der Waals surface area contributed by atoms with Crippen molar-refractivity contribution < 1.29 is 4.39 Å². The first-order chi connectivity index (χ1) is 10.2. The highest BCUT2D eigenvalue weighted by Crippen LogP contribution is 2.32. The molecule has 2 heterocycles. The zero-order valence-corrected chi connectivity index (χ0v) is 13.9. The van der Waals surface area contributed by atoms with Crippen LogP contribution in [0.1, 0.15) is 30.9 Å². The highest BCUT2D eigenvalue weighted by atomic mass is 79.9. The average molecular weight is 356 g/mol. The molecule has 2 aliphatic heterocycles. The lowest BCUT2D eigenvalue weighted by molar-refractivity contribution is 0.202. The standard InChI is InChI=1S/C16H23BrFN3/c17-15-9-12(18)3-4-14(15)16(10-19)21-8-5-13(11-21)20-6-1-2-7-20/h3-4,9,13,16H,1-2,5-8,10-11,19H2. The van der Waals surface area contributed by atoms with E-state index in [-0.39, 0.29) is 11.9 Å². The minimum Gasteiger partial charge on any atom is -0.329 e. The molecule has 0 bridgehead atoms. The third-order valence-corrected chi connectivity index (χ3v) is 5.52. The molecule has 21 heavy (non-hydrogen) atoms. The number of likely N-dealkylation sites (tertiary alicyclic amines) is 2. The summed E-state index contributed by atoms with van der Waals surface area (Å²) in [5, 5.41) is 0. The summed E-state index contributed by atoms with van der Waals surface area (Å²) in [4.78, 5) is 5.08.